The van der Waals surface area contributed by atoms with Crippen LogP contribution in [0.3, 0.4) is 0 Å². The van der Waals surface area contributed by atoms with Gasteiger partial charge in [-0.1, -0.05) is 43.7 Å². The third-order valence-corrected chi connectivity index (χ3v) is 5.35. The first-order chi connectivity index (χ1) is 13.5. The number of H-pyrrole nitrogens is 1. The van der Waals surface area contributed by atoms with Crippen molar-refractivity contribution in [3.8, 4) is 0 Å². The molecule has 0 aliphatic carbocycles. The number of quaternary nitrogens is 1. The fraction of sp³-hybridized carbons (Fsp3) is 0.476. The number of benzene rings is 1. The zero-order chi connectivity index (χ0) is 20.1. The van der Waals surface area contributed by atoms with Gasteiger partial charge in [0.05, 0.1) is 13.1 Å². The first-order valence-corrected chi connectivity index (χ1v) is 10.1. The Morgan fingerprint density at radius 3 is 2.57 bits per heavy atom. The van der Waals surface area contributed by atoms with Gasteiger partial charge in [0.2, 0.25) is 0 Å². The summed E-state index contributed by atoms with van der Waals surface area (Å²) in [5, 5.41) is 0. The van der Waals surface area contributed by atoms with Crippen LogP contribution in [0.2, 0.25) is 0 Å². The molecule has 3 rings (SSSR count). The van der Waals surface area contributed by atoms with E-state index < -0.39 is 5.69 Å². The van der Waals surface area contributed by atoms with Crippen LogP contribution in [0.25, 0.3) is 11.2 Å². The number of nitrogens with zero attached hydrogens (tertiary/aromatic N) is 3. The van der Waals surface area contributed by atoms with Gasteiger partial charge in [0.25, 0.3) is 5.56 Å². The summed E-state index contributed by atoms with van der Waals surface area (Å²) in [4.78, 5) is 33.2. The van der Waals surface area contributed by atoms with Crippen LogP contribution in [0.5, 0.6) is 0 Å². The van der Waals surface area contributed by atoms with Crippen LogP contribution in [0.1, 0.15) is 38.1 Å². The molecule has 2 N–H and O–H groups in total. The molecule has 0 aliphatic rings. The first-order valence-electron chi connectivity index (χ1n) is 10.1. The summed E-state index contributed by atoms with van der Waals surface area (Å²) in [5.41, 5.74) is 1.36. The number of hydrogen-bond acceptors (Lipinski definition) is 3. The van der Waals surface area contributed by atoms with Gasteiger partial charge < -0.3 is 9.47 Å². The standard InChI is InChI=1S/C21H29N5O2/c1-4-6-13-25(5-2)15-17-22-19-18(20(27)23-21(28)24(19)3)26(17)14-12-16-10-8-7-9-11-16/h7-11H,4-6,12-15H2,1-3H3,(H,23,27,28)/p+1. The third-order valence-electron chi connectivity index (χ3n) is 5.35. The van der Waals surface area contributed by atoms with E-state index in [0.29, 0.717) is 17.7 Å². The second-order valence-corrected chi connectivity index (χ2v) is 7.29. The first kappa shape index (κ1) is 20.1. The summed E-state index contributed by atoms with van der Waals surface area (Å²) < 4.78 is 3.43. The van der Waals surface area contributed by atoms with Gasteiger partial charge >= 0.3 is 5.69 Å². The van der Waals surface area contributed by atoms with Gasteiger partial charge in [-0.15, -0.1) is 0 Å². The Bertz CT molecular complexity index is 1030. The predicted octanol–water partition coefficient (Wildman–Crippen LogP) is 0.871. The van der Waals surface area contributed by atoms with E-state index in [-0.39, 0.29) is 5.56 Å². The highest BCUT2D eigenvalue weighted by atomic mass is 16.2. The van der Waals surface area contributed by atoms with Crippen molar-refractivity contribution >= 4 is 11.2 Å². The molecule has 0 amide bonds. The van der Waals surface area contributed by atoms with Gasteiger partial charge in [-0.2, -0.15) is 0 Å². The van der Waals surface area contributed by atoms with E-state index in [1.807, 2.05) is 22.8 Å². The van der Waals surface area contributed by atoms with Crippen molar-refractivity contribution in [1.82, 2.24) is 19.1 Å². The largest absolute Gasteiger partial charge is 0.329 e. The minimum atomic E-state index is -0.428. The maximum Gasteiger partial charge on any atom is 0.329 e. The van der Waals surface area contributed by atoms with Crippen molar-refractivity contribution in [2.24, 2.45) is 7.05 Å². The lowest BCUT2D eigenvalue weighted by molar-refractivity contribution is -0.913. The van der Waals surface area contributed by atoms with E-state index in [9.17, 15) is 9.59 Å². The summed E-state index contributed by atoms with van der Waals surface area (Å²) in [5.74, 6) is 0.866. The predicted molar refractivity (Wildman–Crippen MR) is 111 cm³/mol. The lowest BCUT2D eigenvalue weighted by Crippen LogP contribution is -3.10. The maximum absolute atomic E-state index is 12.6. The Morgan fingerprint density at radius 1 is 1.14 bits per heavy atom. The molecule has 2 heterocycles. The van der Waals surface area contributed by atoms with Crippen LogP contribution in [0.4, 0.5) is 0 Å². The number of rotatable bonds is 9. The number of imidazole rings is 1. The van der Waals surface area contributed by atoms with Crippen molar-refractivity contribution in [2.45, 2.75) is 46.2 Å². The smallest absolute Gasteiger partial charge is 0.329 e. The molecule has 3 aromatic rings. The summed E-state index contributed by atoms with van der Waals surface area (Å²) >= 11 is 0. The molecular formula is C21H30N5O2+. The van der Waals surface area contributed by atoms with Crippen LogP contribution in [-0.2, 0) is 26.6 Å². The Morgan fingerprint density at radius 2 is 1.89 bits per heavy atom. The molecule has 0 spiro atoms. The van der Waals surface area contributed by atoms with Gasteiger partial charge in [0, 0.05) is 13.6 Å². The number of unbranched alkanes of at least 4 members (excludes halogenated alkanes) is 1. The van der Waals surface area contributed by atoms with Crippen LogP contribution in [0.15, 0.2) is 39.9 Å². The molecule has 1 atom stereocenters. The van der Waals surface area contributed by atoms with E-state index in [1.54, 1.807) is 7.05 Å². The summed E-state index contributed by atoms with van der Waals surface area (Å²) in [6.45, 7) is 7.83. The van der Waals surface area contributed by atoms with Gasteiger partial charge in [-0.25, -0.2) is 9.78 Å². The molecule has 0 fully saturated rings. The number of nitrogens with one attached hydrogen (secondary N) is 2. The third kappa shape index (κ3) is 4.25. The molecule has 1 aromatic carbocycles. The average Bonchev–Trinajstić information content (AvgIpc) is 3.07. The molecular weight excluding hydrogens is 354 g/mol. The highest BCUT2D eigenvalue weighted by Crippen LogP contribution is 2.12. The number of hydrogen-bond donors (Lipinski definition) is 2. The Kier molecular flexibility index (Phi) is 6.46. The fourth-order valence-electron chi connectivity index (χ4n) is 3.58. The molecule has 0 aliphatic heterocycles. The summed E-state index contributed by atoms with van der Waals surface area (Å²) in [7, 11) is 1.65. The average molecular weight is 385 g/mol. The fourth-order valence-corrected chi connectivity index (χ4v) is 3.58. The van der Waals surface area contributed by atoms with Crippen molar-refractivity contribution in [1.29, 1.82) is 0 Å². The van der Waals surface area contributed by atoms with Gasteiger partial charge in [-0.3, -0.25) is 14.3 Å². The SMILES string of the molecule is CCCC[NH+](CC)Cc1nc2c(c(=O)[nH]c(=O)n2C)n1CCc1ccccc1. The number of aryl methyl sites for hydroxylation is 3. The molecule has 0 radical (unpaired) electrons. The van der Waals surface area contributed by atoms with Gasteiger partial charge in [0.15, 0.2) is 17.0 Å². The Labute approximate surface area is 164 Å². The van der Waals surface area contributed by atoms with E-state index in [4.69, 9.17) is 4.98 Å². The summed E-state index contributed by atoms with van der Waals surface area (Å²) in [6, 6.07) is 10.2. The zero-order valence-electron chi connectivity index (χ0n) is 17.0. The molecule has 28 heavy (non-hydrogen) atoms. The lowest BCUT2D eigenvalue weighted by atomic mass is 10.1. The number of aromatic nitrogens is 4. The topological polar surface area (TPSA) is 77.1 Å². The minimum Gasteiger partial charge on any atom is -0.329 e. The quantitative estimate of drug-likeness (QED) is 0.575. The van der Waals surface area contributed by atoms with E-state index in [1.165, 1.54) is 15.0 Å². The minimum absolute atomic E-state index is 0.364. The molecule has 7 heteroatoms. The van der Waals surface area contributed by atoms with Gasteiger partial charge in [-0.05, 0) is 25.3 Å². The number of fused-ring (bicyclic) bond motifs is 1. The zero-order valence-corrected chi connectivity index (χ0v) is 17.0. The molecule has 1 unspecified atom stereocenters. The molecule has 2 aromatic heterocycles. The van der Waals surface area contributed by atoms with E-state index >= 15 is 0 Å². The van der Waals surface area contributed by atoms with E-state index in [0.717, 1.165) is 44.7 Å². The molecule has 0 bridgehead atoms. The molecule has 7 nitrogen and oxygen atoms in total. The van der Waals surface area contributed by atoms with Crippen molar-refractivity contribution in [3.63, 3.8) is 0 Å². The molecule has 0 saturated heterocycles. The van der Waals surface area contributed by atoms with Crippen LogP contribution in [-0.4, -0.2) is 32.2 Å². The summed E-state index contributed by atoms with van der Waals surface area (Å²) in [6.07, 6.45) is 3.12. The van der Waals surface area contributed by atoms with E-state index in [2.05, 4.69) is 31.0 Å². The molecule has 0 saturated carbocycles. The second-order valence-electron chi connectivity index (χ2n) is 7.29. The Balaban J connectivity index is 2.02. The lowest BCUT2D eigenvalue weighted by Gasteiger charge is -2.18. The number of aromatic amines is 1. The normalized spacial score (nSPS) is 12.5. The van der Waals surface area contributed by atoms with Crippen LogP contribution in [0, 0.1) is 0 Å². The van der Waals surface area contributed by atoms with Crippen LogP contribution >= 0.6 is 0 Å². The van der Waals surface area contributed by atoms with Gasteiger partial charge in [0.1, 0.15) is 6.54 Å². The maximum atomic E-state index is 12.6. The van der Waals surface area contributed by atoms with Crippen LogP contribution < -0.4 is 16.1 Å². The highest BCUT2D eigenvalue weighted by Gasteiger charge is 2.20. The van der Waals surface area contributed by atoms with Crippen molar-refractivity contribution in [2.75, 3.05) is 13.1 Å². The highest BCUT2D eigenvalue weighted by molar-refractivity contribution is 5.70. The second kappa shape index (κ2) is 9.01. The molecule has 150 valence electrons. The van der Waals surface area contributed by atoms with Crippen molar-refractivity contribution < 1.29 is 4.90 Å². The monoisotopic (exact) mass is 384 g/mol. The Hall–Kier alpha value is -2.67. The van der Waals surface area contributed by atoms with Crippen molar-refractivity contribution in [3.05, 3.63) is 62.6 Å².